The van der Waals surface area contributed by atoms with Gasteiger partial charge in [-0.25, -0.2) is 4.79 Å². The van der Waals surface area contributed by atoms with Crippen molar-refractivity contribution in [2.75, 3.05) is 0 Å². The first-order valence-electron chi connectivity index (χ1n) is 10.4. The van der Waals surface area contributed by atoms with E-state index in [4.69, 9.17) is 11.5 Å². The van der Waals surface area contributed by atoms with E-state index in [-0.39, 0.29) is 6.42 Å². The maximum Gasteiger partial charge on any atom is 0.328 e. The van der Waals surface area contributed by atoms with Crippen molar-refractivity contribution in [1.82, 2.24) is 16.0 Å². The molecule has 13 nitrogen and oxygen atoms in total. The Bertz CT molecular complexity index is 877. The Morgan fingerprint density at radius 2 is 1.38 bits per heavy atom. The lowest BCUT2D eigenvalue weighted by Gasteiger charge is -2.25. The number of carboxylic acid groups (broad SMARTS) is 1. The van der Waals surface area contributed by atoms with Gasteiger partial charge >= 0.3 is 5.97 Å². The highest BCUT2D eigenvalue weighted by Gasteiger charge is 2.33. The highest BCUT2D eigenvalue weighted by atomic mass is 16.4. The van der Waals surface area contributed by atoms with Crippen molar-refractivity contribution in [2.24, 2.45) is 11.5 Å². The van der Waals surface area contributed by atoms with Crippen LogP contribution in [0.5, 0.6) is 0 Å². The molecule has 0 heterocycles. The number of aliphatic hydroxyl groups is 2. The van der Waals surface area contributed by atoms with E-state index < -0.39 is 72.4 Å². The van der Waals surface area contributed by atoms with Crippen LogP contribution in [0.15, 0.2) is 30.3 Å². The first-order chi connectivity index (χ1) is 15.8. The molecule has 0 spiro atoms. The predicted octanol–water partition coefficient (Wildman–Crippen LogP) is -3.27. The summed E-state index contributed by atoms with van der Waals surface area (Å²) in [6.07, 6.45) is -3.38. The summed E-state index contributed by atoms with van der Waals surface area (Å²) < 4.78 is 0. The summed E-state index contributed by atoms with van der Waals surface area (Å²) >= 11 is 0. The van der Waals surface area contributed by atoms with Crippen LogP contribution >= 0.6 is 0 Å². The Labute approximate surface area is 195 Å². The number of nitrogens with one attached hydrogen (secondary N) is 3. The molecule has 6 atom stereocenters. The minimum Gasteiger partial charge on any atom is -0.480 e. The molecule has 4 amide bonds. The minimum atomic E-state index is -1.65. The summed E-state index contributed by atoms with van der Waals surface area (Å²) in [7, 11) is 0. The van der Waals surface area contributed by atoms with Crippen molar-refractivity contribution in [3.63, 3.8) is 0 Å². The summed E-state index contributed by atoms with van der Waals surface area (Å²) in [5, 5.41) is 35.1. The number of carbonyl (C=O) groups excluding carboxylic acids is 4. The number of rotatable bonds is 13. The number of carbonyl (C=O) groups is 5. The van der Waals surface area contributed by atoms with E-state index in [0.29, 0.717) is 5.56 Å². The molecule has 0 fully saturated rings. The highest BCUT2D eigenvalue weighted by molar-refractivity contribution is 5.96. The summed E-state index contributed by atoms with van der Waals surface area (Å²) in [5.74, 6) is -5.24. The topological polar surface area (TPSA) is 234 Å². The zero-order chi connectivity index (χ0) is 26.0. The van der Waals surface area contributed by atoms with E-state index in [9.17, 15) is 39.3 Å². The molecule has 34 heavy (non-hydrogen) atoms. The molecule has 0 saturated heterocycles. The molecule has 6 unspecified atom stereocenters. The number of carboxylic acids is 1. The molecule has 0 aliphatic rings. The van der Waals surface area contributed by atoms with Gasteiger partial charge in [0.15, 0.2) is 6.04 Å². The van der Waals surface area contributed by atoms with Gasteiger partial charge in [0.2, 0.25) is 23.6 Å². The number of hydrogen-bond acceptors (Lipinski definition) is 8. The second kappa shape index (κ2) is 13.2. The van der Waals surface area contributed by atoms with Gasteiger partial charge in [-0.2, -0.15) is 0 Å². The van der Waals surface area contributed by atoms with Gasteiger partial charge in [0.1, 0.15) is 18.1 Å². The molecular weight excluding hydrogens is 450 g/mol. The van der Waals surface area contributed by atoms with Crippen LogP contribution in [0, 0.1) is 0 Å². The molecule has 188 valence electrons. The molecule has 0 bridgehead atoms. The first-order valence-corrected chi connectivity index (χ1v) is 10.4. The van der Waals surface area contributed by atoms with Gasteiger partial charge in [-0.3, -0.25) is 19.2 Å². The van der Waals surface area contributed by atoms with Crippen molar-refractivity contribution in [2.45, 2.75) is 63.1 Å². The molecule has 1 aromatic rings. The van der Waals surface area contributed by atoms with Crippen LogP contribution in [0.3, 0.4) is 0 Å². The number of aliphatic carboxylic acids is 1. The third kappa shape index (κ3) is 9.13. The summed E-state index contributed by atoms with van der Waals surface area (Å²) in [4.78, 5) is 60.7. The number of nitrogens with two attached hydrogens (primary N) is 2. The standard InChI is InChI=1S/C21H31N5O8/c1-10(27)16(23)20(32)25-14(9-15(22)29)18(30)24-13(8-12-6-4-3-5-7-12)19(31)26-17(11(2)28)21(33)34/h3-7,10-11,13-14,16-17,27-28H,8-9,23H2,1-2H3,(H2,22,29)(H,24,30)(H,25,32)(H,26,31)(H,33,34). The summed E-state index contributed by atoms with van der Waals surface area (Å²) in [6.45, 7) is 2.43. The first kappa shape index (κ1) is 28.5. The van der Waals surface area contributed by atoms with E-state index in [1.165, 1.54) is 13.8 Å². The van der Waals surface area contributed by atoms with Crippen molar-refractivity contribution in [3.05, 3.63) is 35.9 Å². The normalized spacial score (nSPS) is 16.1. The van der Waals surface area contributed by atoms with Crippen LogP contribution in [0.2, 0.25) is 0 Å². The Kier molecular flexibility index (Phi) is 11.1. The third-order valence-corrected chi connectivity index (χ3v) is 4.82. The van der Waals surface area contributed by atoms with Gasteiger partial charge in [-0.15, -0.1) is 0 Å². The van der Waals surface area contributed by atoms with Crippen LogP contribution in [0.4, 0.5) is 0 Å². The van der Waals surface area contributed by atoms with Crippen LogP contribution < -0.4 is 27.4 Å². The lowest BCUT2D eigenvalue weighted by molar-refractivity contribution is -0.145. The van der Waals surface area contributed by atoms with E-state index in [0.717, 1.165) is 0 Å². The number of primary amides is 1. The third-order valence-electron chi connectivity index (χ3n) is 4.82. The van der Waals surface area contributed by atoms with Gasteiger partial charge in [0.05, 0.1) is 18.6 Å². The van der Waals surface area contributed by atoms with Crippen molar-refractivity contribution in [1.29, 1.82) is 0 Å². The van der Waals surface area contributed by atoms with Crippen LogP contribution in [0.25, 0.3) is 0 Å². The van der Waals surface area contributed by atoms with Crippen molar-refractivity contribution in [3.8, 4) is 0 Å². The smallest absolute Gasteiger partial charge is 0.328 e. The Balaban J connectivity index is 3.14. The fourth-order valence-electron chi connectivity index (χ4n) is 2.87. The van der Waals surface area contributed by atoms with E-state index in [2.05, 4.69) is 16.0 Å². The molecule has 0 aliphatic carbocycles. The van der Waals surface area contributed by atoms with Crippen LogP contribution in [-0.2, 0) is 30.4 Å². The molecule has 13 heteroatoms. The molecule has 1 aromatic carbocycles. The maximum absolute atomic E-state index is 12.9. The monoisotopic (exact) mass is 481 g/mol. The maximum atomic E-state index is 12.9. The fraction of sp³-hybridized carbons (Fsp3) is 0.476. The molecular formula is C21H31N5O8. The minimum absolute atomic E-state index is 0.0744. The summed E-state index contributed by atoms with van der Waals surface area (Å²) in [5.41, 5.74) is 11.3. The van der Waals surface area contributed by atoms with E-state index >= 15 is 0 Å². The zero-order valence-electron chi connectivity index (χ0n) is 18.8. The van der Waals surface area contributed by atoms with E-state index in [1.54, 1.807) is 30.3 Å². The average molecular weight is 482 g/mol. The van der Waals surface area contributed by atoms with Crippen LogP contribution in [-0.4, -0.2) is 81.3 Å². The molecule has 0 aliphatic heterocycles. The Morgan fingerprint density at radius 1 is 0.853 bits per heavy atom. The molecule has 0 radical (unpaired) electrons. The quantitative estimate of drug-likeness (QED) is 0.141. The average Bonchev–Trinajstić information content (AvgIpc) is 2.75. The number of aliphatic hydroxyl groups excluding tert-OH is 2. The Morgan fingerprint density at radius 3 is 1.85 bits per heavy atom. The largest absolute Gasteiger partial charge is 0.480 e. The van der Waals surface area contributed by atoms with Gasteiger partial charge in [0, 0.05) is 6.42 Å². The number of amides is 4. The van der Waals surface area contributed by atoms with Crippen molar-refractivity contribution < 1.29 is 39.3 Å². The van der Waals surface area contributed by atoms with Crippen LogP contribution in [0.1, 0.15) is 25.8 Å². The summed E-state index contributed by atoms with van der Waals surface area (Å²) in [6, 6.07) is 2.54. The van der Waals surface area contributed by atoms with Gasteiger partial charge in [-0.1, -0.05) is 30.3 Å². The lowest BCUT2D eigenvalue weighted by atomic mass is 10.0. The van der Waals surface area contributed by atoms with Gasteiger partial charge in [0.25, 0.3) is 0 Å². The fourth-order valence-corrected chi connectivity index (χ4v) is 2.87. The van der Waals surface area contributed by atoms with E-state index in [1.807, 2.05) is 0 Å². The van der Waals surface area contributed by atoms with Gasteiger partial charge in [-0.05, 0) is 19.4 Å². The Hall–Kier alpha value is -3.55. The second-order valence-electron chi connectivity index (χ2n) is 7.81. The van der Waals surface area contributed by atoms with Crippen molar-refractivity contribution >= 4 is 29.6 Å². The molecule has 10 N–H and O–H groups in total. The number of hydrogen-bond donors (Lipinski definition) is 8. The predicted molar refractivity (Wildman–Crippen MR) is 119 cm³/mol. The molecule has 0 saturated carbocycles. The second-order valence-corrected chi connectivity index (χ2v) is 7.81. The van der Waals surface area contributed by atoms with Gasteiger partial charge < -0.3 is 42.7 Å². The number of benzene rings is 1. The SMILES string of the molecule is CC(O)C(N)C(=O)NC(CC(N)=O)C(=O)NC(Cc1ccccc1)C(=O)NC(C(=O)O)C(C)O. The lowest BCUT2D eigenvalue weighted by Crippen LogP contribution is -2.59. The molecule has 0 aromatic heterocycles. The highest BCUT2D eigenvalue weighted by Crippen LogP contribution is 2.06. The molecule has 1 rings (SSSR count). The zero-order valence-corrected chi connectivity index (χ0v) is 18.8.